The van der Waals surface area contributed by atoms with Crippen LogP contribution in [0.5, 0.6) is 5.75 Å². The van der Waals surface area contributed by atoms with Crippen molar-refractivity contribution in [1.82, 2.24) is 0 Å². The number of para-hydroxylation sites is 1. The lowest BCUT2D eigenvalue weighted by Crippen LogP contribution is -2.15. The molecule has 4 nitrogen and oxygen atoms in total. The van der Waals surface area contributed by atoms with Gasteiger partial charge in [-0.25, -0.2) is 8.42 Å². The summed E-state index contributed by atoms with van der Waals surface area (Å²) < 4.78 is 33.2. The van der Waals surface area contributed by atoms with Gasteiger partial charge in [0.25, 0.3) is 10.0 Å². The predicted octanol–water partition coefficient (Wildman–Crippen LogP) is 4.16. The number of halogens is 1. The van der Waals surface area contributed by atoms with Crippen LogP contribution in [0.4, 0.5) is 5.69 Å². The van der Waals surface area contributed by atoms with E-state index in [4.69, 9.17) is 16.3 Å². The largest absolute Gasteiger partial charge is 0.490 e. The Labute approximate surface area is 136 Å². The van der Waals surface area contributed by atoms with Crippen LogP contribution in [0.3, 0.4) is 0 Å². The van der Waals surface area contributed by atoms with Crippen molar-refractivity contribution in [2.75, 3.05) is 11.3 Å². The Morgan fingerprint density at radius 3 is 2.55 bits per heavy atom. The Bertz CT molecular complexity index is 788. The zero-order valence-electron chi connectivity index (χ0n) is 12.7. The molecule has 0 radical (unpaired) electrons. The van der Waals surface area contributed by atoms with Crippen molar-refractivity contribution in [3.63, 3.8) is 0 Å². The van der Waals surface area contributed by atoms with Crippen molar-refractivity contribution < 1.29 is 13.2 Å². The summed E-state index contributed by atoms with van der Waals surface area (Å²) in [6, 6.07) is 10.1. The van der Waals surface area contributed by atoms with Gasteiger partial charge in [0.15, 0.2) is 5.75 Å². The van der Waals surface area contributed by atoms with Gasteiger partial charge in [-0.05, 0) is 44.5 Å². The van der Waals surface area contributed by atoms with E-state index in [-0.39, 0.29) is 4.90 Å². The van der Waals surface area contributed by atoms with Crippen molar-refractivity contribution in [2.24, 2.45) is 0 Å². The van der Waals surface area contributed by atoms with Crippen molar-refractivity contribution in [3.05, 3.63) is 52.5 Å². The van der Waals surface area contributed by atoms with Crippen molar-refractivity contribution in [2.45, 2.75) is 25.7 Å². The van der Waals surface area contributed by atoms with Crippen LogP contribution >= 0.6 is 11.6 Å². The van der Waals surface area contributed by atoms with Crippen LogP contribution in [-0.2, 0) is 10.0 Å². The zero-order chi connectivity index (χ0) is 16.3. The summed E-state index contributed by atoms with van der Waals surface area (Å²) in [5.74, 6) is 0.333. The molecule has 0 bridgehead atoms. The monoisotopic (exact) mass is 339 g/mol. The number of anilines is 1. The Morgan fingerprint density at radius 1 is 1.18 bits per heavy atom. The highest BCUT2D eigenvalue weighted by molar-refractivity contribution is 7.92. The van der Waals surface area contributed by atoms with Crippen LogP contribution in [-0.4, -0.2) is 15.0 Å². The van der Waals surface area contributed by atoms with Gasteiger partial charge in [-0.2, -0.15) is 0 Å². The molecule has 0 unspecified atom stereocenters. The normalized spacial score (nSPS) is 11.3. The molecule has 22 heavy (non-hydrogen) atoms. The third-order valence-corrected chi connectivity index (χ3v) is 4.94. The van der Waals surface area contributed by atoms with E-state index in [2.05, 4.69) is 4.72 Å². The molecule has 0 saturated carbocycles. The average molecular weight is 340 g/mol. The van der Waals surface area contributed by atoms with Crippen LogP contribution < -0.4 is 9.46 Å². The molecule has 0 saturated heterocycles. The summed E-state index contributed by atoms with van der Waals surface area (Å²) in [4.78, 5) is 0.237. The van der Waals surface area contributed by atoms with Crippen LogP contribution in [0.1, 0.15) is 18.1 Å². The van der Waals surface area contributed by atoms with Crippen molar-refractivity contribution >= 4 is 27.3 Å². The van der Waals surface area contributed by atoms with E-state index in [9.17, 15) is 8.42 Å². The molecule has 0 fully saturated rings. The van der Waals surface area contributed by atoms with E-state index < -0.39 is 10.0 Å². The summed E-state index contributed by atoms with van der Waals surface area (Å²) in [5, 5.41) is 0.364. The molecule has 0 amide bonds. The predicted molar refractivity (Wildman–Crippen MR) is 89.3 cm³/mol. The molecule has 0 spiro atoms. The molecule has 0 aliphatic carbocycles. The maximum atomic E-state index is 12.6. The van der Waals surface area contributed by atoms with Gasteiger partial charge in [0.1, 0.15) is 0 Å². The number of rotatable bonds is 5. The number of ether oxygens (including phenoxy) is 1. The fourth-order valence-electron chi connectivity index (χ4n) is 2.18. The highest BCUT2D eigenvalue weighted by Gasteiger charge is 2.19. The average Bonchev–Trinajstić information content (AvgIpc) is 2.42. The first kappa shape index (κ1) is 16.6. The molecule has 0 heterocycles. The summed E-state index contributed by atoms with van der Waals surface area (Å²) in [6.45, 7) is 5.89. The van der Waals surface area contributed by atoms with E-state index in [1.165, 1.54) is 0 Å². The van der Waals surface area contributed by atoms with Gasteiger partial charge in [-0.15, -0.1) is 0 Å². The Morgan fingerprint density at radius 2 is 1.91 bits per heavy atom. The fraction of sp³-hybridized carbons (Fsp3) is 0.250. The second-order valence-electron chi connectivity index (χ2n) is 4.92. The maximum Gasteiger partial charge on any atom is 0.262 e. The Kier molecular flexibility index (Phi) is 4.98. The molecule has 2 aromatic carbocycles. The summed E-state index contributed by atoms with van der Waals surface area (Å²) in [6.07, 6.45) is 0. The number of sulfonamides is 1. The molecule has 2 rings (SSSR count). The highest BCUT2D eigenvalue weighted by atomic mass is 35.5. The van der Waals surface area contributed by atoms with Crippen LogP contribution in [0.25, 0.3) is 0 Å². The molecule has 118 valence electrons. The van der Waals surface area contributed by atoms with Gasteiger partial charge in [0.05, 0.1) is 22.2 Å². The molecule has 0 aromatic heterocycles. The van der Waals surface area contributed by atoms with Crippen LogP contribution in [0.15, 0.2) is 41.3 Å². The molecule has 2 aromatic rings. The lowest BCUT2D eigenvalue weighted by atomic mass is 10.2. The van der Waals surface area contributed by atoms with Crippen LogP contribution in [0, 0.1) is 13.8 Å². The fourth-order valence-corrected chi connectivity index (χ4v) is 3.70. The van der Waals surface area contributed by atoms with Gasteiger partial charge in [0, 0.05) is 0 Å². The smallest absolute Gasteiger partial charge is 0.262 e. The number of hydrogen-bond donors (Lipinski definition) is 1. The minimum atomic E-state index is -3.71. The number of aryl methyl sites for hydroxylation is 2. The molecule has 6 heteroatoms. The standard InChI is InChI=1S/C16H18ClNO3S/c1-4-21-16-13(17)6-5-7-14(16)18-22(19,20)15-9-8-11(2)10-12(15)3/h5-10,18H,4H2,1-3H3. The third kappa shape index (κ3) is 3.54. The number of nitrogens with one attached hydrogen (secondary N) is 1. The minimum absolute atomic E-state index is 0.237. The van der Waals surface area contributed by atoms with Crippen LogP contribution in [0.2, 0.25) is 5.02 Å². The minimum Gasteiger partial charge on any atom is -0.490 e. The zero-order valence-corrected chi connectivity index (χ0v) is 14.3. The van der Waals surface area contributed by atoms with Crippen molar-refractivity contribution in [1.29, 1.82) is 0 Å². The summed E-state index contributed by atoms with van der Waals surface area (Å²) in [7, 11) is -3.71. The van der Waals surface area contributed by atoms with E-state index >= 15 is 0 Å². The van der Waals surface area contributed by atoms with E-state index in [1.807, 2.05) is 19.9 Å². The van der Waals surface area contributed by atoms with Gasteiger partial charge >= 0.3 is 0 Å². The third-order valence-electron chi connectivity index (χ3n) is 3.12. The quantitative estimate of drug-likeness (QED) is 0.890. The first-order valence-corrected chi connectivity index (χ1v) is 8.72. The molecule has 0 atom stereocenters. The first-order chi connectivity index (χ1) is 10.3. The SMILES string of the molecule is CCOc1c(Cl)cccc1NS(=O)(=O)c1ccc(C)cc1C. The summed E-state index contributed by atoms with van der Waals surface area (Å²) >= 11 is 6.08. The molecular weight excluding hydrogens is 322 g/mol. The van der Waals surface area contributed by atoms with E-state index in [0.717, 1.165) is 5.56 Å². The summed E-state index contributed by atoms with van der Waals surface area (Å²) in [5.41, 5.74) is 2.02. The molecular formula is C16H18ClNO3S. The number of benzene rings is 2. The Balaban J connectivity index is 2.43. The number of hydrogen-bond acceptors (Lipinski definition) is 3. The van der Waals surface area contributed by atoms with Gasteiger partial charge in [-0.1, -0.05) is 35.4 Å². The van der Waals surface area contributed by atoms with Gasteiger partial charge in [-0.3, -0.25) is 4.72 Å². The van der Waals surface area contributed by atoms with Gasteiger partial charge in [0.2, 0.25) is 0 Å². The lowest BCUT2D eigenvalue weighted by molar-refractivity contribution is 0.342. The first-order valence-electron chi connectivity index (χ1n) is 6.86. The van der Waals surface area contributed by atoms with E-state index in [0.29, 0.717) is 28.6 Å². The Hall–Kier alpha value is -1.72. The lowest BCUT2D eigenvalue weighted by Gasteiger charge is -2.15. The second kappa shape index (κ2) is 6.58. The molecule has 1 N–H and O–H groups in total. The topological polar surface area (TPSA) is 55.4 Å². The molecule has 0 aliphatic rings. The van der Waals surface area contributed by atoms with Gasteiger partial charge < -0.3 is 4.74 Å². The highest BCUT2D eigenvalue weighted by Crippen LogP contribution is 2.34. The van der Waals surface area contributed by atoms with Crippen molar-refractivity contribution in [3.8, 4) is 5.75 Å². The maximum absolute atomic E-state index is 12.6. The second-order valence-corrected chi connectivity index (χ2v) is 6.98. The molecule has 0 aliphatic heterocycles. The van der Waals surface area contributed by atoms with E-state index in [1.54, 1.807) is 37.3 Å².